The highest BCUT2D eigenvalue weighted by Crippen LogP contribution is 2.41. The Morgan fingerprint density at radius 2 is 1.86 bits per heavy atom. The van der Waals surface area contributed by atoms with Crippen molar-refractivity contribution >= 4 is 11.8 Å². The van der Waals surface area contributed by atoms with Crippen molar-refractivity contribution in [2.45, 2.75) is 45.7 Å². The van der Waals surface area contributed by atoms with Gasteiger partial charge in [0.1, 0.15) is 5.75 Å². The lowest BCUT2D eigenvalue weighted by Gasteiger charge is -2.44. The van der Waals surface area contributed by atoms with Crippen LogP contribution in [0, 0.1) is 5.92 Å². The number of benzene rings is 1. The van der Waals surface area contributed by atoms with Crippen molar-refractivity contribution in [2.24, 2.45) is 5.92 Å². The number of piperazine rings is 1. The Morgan fingerprint density at radius 3 is 2.46 bits per heavy atom. The first-order valence-corrected chi connectivity index (χ1v) is 10.4. The predicted octanol–water partition coefficient (Wildman–Crippen LogP) is 2.55. The topological polar surface area (TPSA) is 53.1 Å². The molecule has 0 aliphatic carbocycles. The van der Waals surface area contributed by atoms with Crippen molar-refractivity contribution < 1.29 is 14.3 Å². The molecule has 0 N–H and O–H groups in total. The van der Waals surface area contributed by atoms with Crippen LogP contribution in [0.15, 0.2) is 24.3 Å². The quantitative estimate of drug-likeness (QED) is 0.779. The summed E-state index contributed by atoms with van der Waals surface area (Å²) in [5.41, 5.74) is 0.930. The van der Waals surface area contributed by atoms with E-state index in [1.807, 2.05) is 41.0 Å². The van der Waals surface area contributed by atoms with Gasteiger partial charge in [0.25, 0.3) is 0 Å². The standard InChI is InChI=1S/C22H33N3O3/c1-5-25-20(26)11-10-18(21(25)17-8-6-7-9-19(17)28-4)22(27)24-14-12-23(13-15-24)16(2)3/h6-9,16,18,21H,5,10-15H2,1-4H3/t18-,21+/m1/s1. The third-order valence-corrected chi connectivity index (χ3v) is 6.18. The van der Waals surface area contributed by atoms with E-state index in [2.05, 4.69) is 18.7 Å². The van der Waals surface area contributed by atoms with E-state index < -0.39 is 0 Å². The minimum Gasteiger partial charge on any atom is -0.496 e. The van der Waals surface area contributed by atoms with E-state index in [4.69, 9.17) is 4.74 Å². The average molecular weight is 388 g/mol. The summed E-state index contributed by atoms with van der Waals surface area (Å²) in [6, 6.07) is 8.01. The zero-order valence-corrected chi connectivity index (χ0v) is 17.6. The molecule has 28 heavy (non-hydrogen) atoms. The lowest BCUT2D eigenvalue weighted by Crippen LogP contribution is -2.55. The molecule has 0 bridgehead atoms. The number of piperidine rings is 1. The molecule has 2 atom stereocenters. The number of carbonyl (C=O) groups is 2. The molecule has 2 aliphatic rings. The highest BCUT2D eigenvalue weighted by atomic mass is 16.5. The SMILES string of the molecule is CCN1C(=O)CC[C@@H](C(=O)N2CCN(C(C)C)CC2)[C@@H]1c1ccccc1OC. The number of para-hydroxylation sites is 1. The summed E-state index contributed by atoms with van der Waals surface area (Å²) in [5, 5.41) is 0. The van der Waals surface area contributed by atoms with Gasteiger partial charge in [0.05, 0.1) is 19.1 Å². The highest BCUT2D eigenvalue weighted by Gasteiger charge is 2.43. The summed E-state index contributed by atoms with van der Waals surface area (Å²) in [4.78, 5) is 32.4. The van der Waals surface area contributed by atoms with Crippen LogP contribution in [-0.4, -0.2) is 72.4 Å². The molecule has 3 rings (SSSR count). The van der Waals surface area contributed by atoms with Gasteiger partial charge in [0.2, 0.25) is 11.8 Å². The van der Waals surface area contributed by atoms with Crippen molar-refractivity contribution in [3.63, 3.8) is 0 Å². The second-order valence-corrected chi connectivity index (χ2v) is 7.97. The van der Waals surface area contributed by atoms with E-state index in [1.165, 1.54) is 0 Å². The van der Waals surface area contributed by atoms with Gasteiger partial charge in [-0.2, -0.15) is 0 Å². The molecule has 2 fully saturated rings. The monoisotopic (exact) mass is 387 g/mol. The van der Waals surface area contributed by atoms with E-state index in [1.54, 1.807) is 7.11 Å². The van der Waals surface area contributed by atoms with Crippen molar-refractivity contribution in [1.82, 2.24) is 14.7 Å². The average Bonchev–Trinajstić information content (AvgIpc) is 2.73. The van der Waals surface area contributed by atoms with Gasteiger partial charge in [0.15, 0.2) is 0 Å². The van der Waals surface area contributed by atoms with Crippen molar-refractivity contribution in [2.75, 3.05) is 39.8 Å². The third kappa shape index (κ3) is 4.02. The molecular formula is C22H33N3O3. The number of nitrogens with zero attached hydrogens (tertiary/aromatic N) is 3. The normalized spacial score (nSPS) is 24.0. The fourth-order valence-electron chi connectivity index (χ4n) is 4.57. The van der Waals surface area contributed by atoms with Gasteiger partial charge in [-0.1, -0.05) is 18.2 Å². The van der Waals surface area contributed by atoms with Gasteiger partial charge in [-0.05, 0) is 33.3 Å². The number of methoxy groups -OCH3 is 1. The van der Waals surface area contributed by atoms with E-state index in [0.717, 1.165) is 37.5 Å². The predicted molar refractivity (Wildman–Crippen MR) is 109 cm³/mol. The molecule has 2 amide bonds. The summed E-state index contributed by atoms with van der Waals surface area (Å²) in [7, 11) is 1.64. The Bertz CT molecular complexity index is 698. The molecule has 6 heteroatoms. The molecule has 0 unspecified atom stereocenters. The van der Waals surface area contributed by atoms with E-state index in [9.17, 15) is 9.59 Å². The summed E-state index contributed by atoms with van der Waals surface area (Å²) in [6.07, 6.45) is 1.03. The first-order valence-electron chi connectivity index (χ1n) is 10.4. The Kier molecular flexibility index (Phi) is 6.60. The molecular weight excluding hydrogens is 354 g/mol. The Morgan fingerprint density at radius 1 is 1.18 bits per heavy atom. The number of hydrogen-bond acceptors (Lipinski definition) is 4. The molecule has 0 radical (unpaired) electrons. The van der Waals surface area contributed by atoms with Gasteiger partial charge >= 0.3 is 0 Å². The lowest BCUT2D eigenvalue weighted by molar-refractivity contribution is -0.149. The van der Waals surface area contributed by atoms with Gasteiger partial charge in [0, 0.05) is 50.7 Å². The molecule has 6 nitrogen and oxygen atoms in total. The first kappa shape index (κ1) is 20.6. The van der Waals surface area contributed by atoms with Gasteiger partial charge < -0.3 is 14.5 Å². The lowest BCUT2D eigenvalue weighted by atomic mass is 9.82. The molecule has 154 valence electrons. The first-order chi connectivity index (χ1) is 13.5. The third-order valence-electron chi connectivity index (χ3n) is 6.18. The van der Waals surface area contributed by atoms with E-state index in [-0.39, 0.29) is 23.8 Å². The van der Waals surface area contributed by atoms with Crippen molar-refractivity contribution in [3.8, 4) is 5.75 Å². The Labute approximate surface area is 168 Å². The van der Waals surface area contributed by atoms with Crippen LogP contribution in [0.2, 0.25) is 0 Å². The second-order valence-electron chi connectivity index (χ2n) is 7.97. The number of ether oxygens (including phenoxy) is 1. The van der Waals surface area contributed by atoms with E-state index in [0.29, 0.717) is 25.4 Å². The minimum absolute atomic E-state index is 0.118. The van der Waals surface area contributed by atoms with Gasteiger partial charge in [-0.3, -0.25) is 14.5 Å². The van der Waals surface area contributed by atoms with Crippen molar-refractivity contribution in [3.05, 3.63) is 29.8 Å². The van der Waals surface area contributed by atoms with Crippen LogP contribution in [-0.2, 0) is 9.59 Å². The fourth-order valence-corrected chi connectivity index (χ4v) is 4.57. The fraction of sp³-hybridized carbons (Fsp3) is 0.636. The summed E-state index contributed by atoms with van der Waals surface area (Å²) >= 11 is 0. The molecule has 2 aliphatic heterocycles. The molecule has 0 saturated carbocycles. The molecule has 1 aromatic rings. The Hall–Kier alpha value is -2.08. The smallest absolute Gasteiger partial charge is 0.228 e. The second kappa shape index (κ2) is 8.95. The number of amides is 2. The number of carbonyl (C=O) groups excluding carboxylic acids is 2. The van der Waals surface area contributed by atoms with Crippen LogP contribution in [0.1, 0.15) is 45.2 Å². The summed E-state index contributed by atoms with van der Waals surface area (Å²) < 4.78 is 5.57. The van der Waals surface area contributed by atoms with Crippen LogP contribution in [0.4, 0.5) is 0 Å². The van der Waals surface area contributed by atoms with Crippen LogP contribution < -0.4 is 4.74 Å². The van der Waals surface area contributed by atoms with Crippen LogP contribution in [0.5, 0.6) is 5.75 Å². The van der Waals surface area contributed by atoms with Crippen LogP contribution in [0.3, 0.4) is 0 Å². The van der Waals surface area contributed by atoms with Crippen molar-refractivity contribution in [1.29, 1.82) is 0 Å². The molecule has 0 spiro atoms. The molecule has 2 heterocycles. The zero-order chi connectivity index (χ0) is 20.3. The zero-order valence-electron chi connectivity index (χ0n) is 17.6. The summed E-state index contributed by atoms with van der Waals surface area (Å²) in [5.74, 6) is 0.806. The van der Waals surface area contributed by atoms with Gasteiger partial charge in [-0.25, -0.2) is 0 Å². The molecule has 1 aromatic carbocycles. The van der Waals surface area contributed by atoms with E-state index >= 15 is 0 Å². The Balaban J connectivity index is 1.87. The maximum absolute atomic E-state index is 13.5. The molecule has 0 aromatic heterocycles. The number of rotatable bonds is 5. The number of hydrogen-bond donors (Lipinski definition) is 0. The van der Waals surface area contributed by atoms with Gasteiger partial charge in [-0.15, -0.1) is 0 Å². The maximum atomic E-state index is 13.5. The van der Waals surface area contributed by atoms with Crippen LogP contribution in [0.25, 0.3) is 0 Å². The number of likely N-dealkylation sites (tertiary alicyclic amines) is 1. The maximum Gasteiger partial charge on any atom is 0.228 e. The minimum atomic E-state index is -0.266. The largest absolute Gasteiger partial charge is 0.496 e. The summed E-state index contributed by atoms with van der Waals surface area (Å²) in [6.45, 7) is 10.3. The van der Waals surface area contributed by atoms with Crippen LogP contribution >= 0.6 is 0 Å². The molecule has 2 saturated heterocycles. The highest BCUT2D eigenvalue weighted by molar-refractivity contribution is 5.85.